The minimum atomic E-state index is 0.441. The molecule has 2 aromatic rings. The molecule has 0 saturated carbocycles. The van der Waals surface area contributed by atoms with E-state index in [1.54, 1.807) is 0 Å². The van der Waals surface area contributed by atoms with E-state index in [1.165, 1.54) is 0 Å². The van der Waals surface area contributed by atoms with Crippen LogP contribution in [0.4, 0.5) is 0 Å². The van der Waals surface area contributed by atoms with Crippen molar-refractivity contribution in [3.8, 4) is 23.0 Å². The van der Waals surface area contributed by atoms with Crippen LogP contribution in [-0.2, 0) is 9.47 Å². The summed E-state index contributed by atoms with van der Waals surface area (Å²) in [5.41, 5.74) is 0. The molecule has 1 heterocycles. The van der Waals surface area contributed by atoms with E-state index in [0.29, 0.717) is 64.4 Å². The predicted octanol–water partition coefficient (Wildman–Crippen LogP) is 3.34. The molecule has 0 amide bonds. The van der Waals surface area contributed by atoms with E-state index in [9.17, 15) is 0 Å². The van der Waals surface area contributed by atoms with Gasteiger partial charge in [-0.1, -0.05) is 24.3 Å². The lowest BCUT2D eigenvalue weighted by Crippen LogP contribution is -2.13. The molecule has 1 aliphatic heterocycles. The predicted molar refractivity (Wildman–Crippen MR) is 101 cm³/mol. The summed E-state index contributed by atoms with van der Waals surface area (Å²) in [6.45, 7) is 3.99. The second-order valence-corrected chi connectivity index (χ2v) is 5.87. The van der Waals surface area contributed by atoms with Crippen LogP contribution >= 0.6 is 0 Å². The Kier molecular flexibility index (Phi) is 8.10. The van der Waals surface area contributed by atoms with Gasteiger partial charge in [0.1, 0.15) is 19.8 Å². The maximum Gasteiger partial charge on any atom is 0.161 e. The van der Waals surface area contributed by atoms with Crippen molar-refractivity contribution in [1.82, 2.24) is 0 Å². The number of rotatable bonds is 0. The summed E-state index contributed by atoms with van der Waals surface area (Å²) in [4.78, 5) is 0. The Morgan fingerprint density at radius 2 is 0.778 bits per heavy atom. The fraction of sp³-hybridized carbons (Fsp3) is 0.429. The summed E-state index contributed by atoms with van der Waals surface area (Å²) in [6.07, 6.45) is 0.789. The van der Waals surface area contributed by atoms with Crippen molar-refractivity contribution in [1.29, 1.82) is 0 Å². The fourth-order valence-corrected chi connectivity index (χ4v) is 2.56. The third-order valence-electron chi connectivity index (χ3n) is 3.84. The first-order valence-corrected chi connectivity index (χ1v) is 9.28. The van der Waals surface area contributed by atoms with Crippen molar-refractivity contribution in [3.63, 3.8) is 0 Å². The molecular weight excluding hydrogens is 348 g/mol. The summed E-state index contributed by atoms with van der Waals surface area (Å²) in [7, 11) is 0. The second kappa shape index (κ2) is 11.3. The number of hydrogen-bond donors (Lipinski definition) is 0. The van der Waals surface area contributed by atoms with Crippen LogP contribution in [0.25, 0.3) is 0 Å². The molecule has 0 N–H and O–H groups in total. The Morgan fingerprint density at radius 3 is 1.22 bits per heavy atom. The van der Waals surface area contributed by atoms with Gasteiger partial charge in [-0.15, -0.1) is 0 Å². The van der Waals surface area contributed by atoms with Gasteiger partial charge in [0.05, 0.1) is 26.4 Å². The average Bonchev–Trinajstić information content (AvgIpc) is 2.70. The summed E-state index contributed by atoms with van der Waals surface area (Å²) in [5.74, 6) is 2.87. The molecule has 1 aliphatic rings. The highest BCUT2D eigenvalue weighted by Crippen LogP contribution is 2.27. The van der Waals surface area contributed by atoms with Crippen molar-refractivity contribution in [3.05, 3.63) is 48.5 Å². The third-order valence-corrected chi connectivity index (χ3v) is 3.84. The van der Waals surface area contributed by atoms with Crippen molar-refractivity contribution in [2.75, 3.05) is 52.9 Å². The molecule has 3 rings (SSSR count). The van der Waals surface area contributed by atoms with Crippen molar-refractivity contribution in [2.45, 2.75) is 6.42 Å². The highest BCUT2D eigenvalue weighted by molar-refractivity contribution is 5.40. The third kappa shape index (κ3) is 6.66. The molecule has 0 aliphatic carbocycles. The van der Waals surface area contributed by atoms with Gasteiger partial charge in [0.25, 0.3) is 0 Å². The van der Waals surface area contributed by atoms with Gasteiger partial charge in [-0.05, 0) is 24.3 Å². The van der Waals surface area contributed by atoms with E-state index in [0.717, 1.165) is 17.9 Å². The first kappa shape index (κ1) is 19.3. The maximum absolute atomic E-state index is 5.80. The summed E-state index contributed by atoms with van der Waals surface area (Å²) in [6, 6.07) is 15.3. The van der Waals surface area contributed by atoms with Gasteiger partial charge < -0.3 is 28.4 Å². The zero-order valence-electron chi connectivity index (χ0n) is 15.4. The fourth-order valence-electron chi connectivity index (χ4n) is 2.56. The Bertz CT molecular complexity index is 618. The van der Waals surface area contributed by atoms with E-state index in [1.807, 2.05) is 48.5 Å². The molecule has 0 unspecified atom stereocenters. The molecular formula is C21H26O6. The lowest BCUT2D eigenvalue weighted by atomic mass is 10.3. The van der Waals surface area contributed by atoms with Crippen LogP contribution in [0.5, 0.6) is 23.0 Å². The molecule has 2 aromatic carbocycles. The minimum absolute atomic E-state index is 0.441. The van der Waals surface area contributed by atoms with E-state index in [2.05, 4.69) is 0 Å². The van der Waals surface area contributed by atoms with Gasteiger partial charge in [-0.25, -0.2) is 0 Å². The van der Waals surface area contributed by atoms with Crippen LogP contribution in [0, 0.1) is 0 Å². The van der Waals surface area contributed by atoms with Crippen LogP contribution in [0.1, 0.15) is 6.42 Å². The summed E-state index contributed by atoms with van der Waals surface area (Å²) < 4.78 is 34.3. The zero-order valence-corrected chi connectivity index (χ0v) is 15.4. The topological polar surface area (TPSA) is 55.4 Å². The molecule has 0 atom stereocenters. The molecule has 0 aromatic heterocycles. The number of hydrogen-bond acceptors (Lipinski definition) is 6. The number of benzene rings is 2. The Morgan fingerprint density at radius 1 is 0.407 bits per heavy atom. The molecule has 0 spiro atoms. The van der Waals surface area contributed by atoms with Crippen LogP contribution < -0.4 is 18.9 Å². The molecule has 6 heteroatoms. The number of para-hydroxylation sites is 4. The Hall–Kier alpha value is -2.44. The van der Waals surface area contributed by atoms with Crippen LogP contribution in [0.3, 0.4) is 0 Å². The van der Waals surface area contributed by atoms with Crippen LogP contribution in [0.2, 0.25) is 0 Å². The minimum Gasteiger partial charge on any atom is -0.490 e. The molecule has 0 saturated heterocycles. The second-order valence-electron chi connectivity index (χ2n) is 5.87. The first-order valence-electron chi connectivity index (χ1n) is 9.28. The SMILES string of the molecule is c1ccc2c(c1)OCCCOCCOc1ccccc1OCCOCCO2. The summed E-state index contributed by atoms with van der Waals surface area (Å²) in [5, 5.41) is 0. The molecule has 0 bridgehead atoms. The van der Waals surface area contributed by atoms with E-state index >= 15 is 0 Å². The van der Waals surface area contributed by atoms with Gasteiger partial charge in [0.2, 0.25) is 0 Å². The average molecular weight is 374 g/mol. The Labute approximate surface area is 159 Å². The van der Waals surface area contributed by atoms with Crippen LogP contribution in [-0.4, -0.2) is 52.9 Å². The standard InChI is InChI=1S/C21H26O6/c1-2-7-19-18(6-1)24-11-5-10-22-12-15-25-20-8-3-4-9-21(20)27-17-14-23-13-16-26-19/h1-4,6-9H,5,10-17H2. The molecule has 0 fully saturated rings. The van der Waals surface area contributed by atoms with E-state index in [-0.39, 0.29) is 0 Å². The normalized spacial score (nSPS) is 17.2. The maximum atomic E-state index is 5.80. The van der Waals surface area contributed by atoms with Gasteiger partial charge in [-0.2, -0.15) is 0 Å². The number of ether oxygens (including phenoxy) is 6. The summed E-state index contributed by atoms with van der Waals surface area (Å²) >= 11 is 0. The molecule has 27 heavy (non-hydrogen) atoms. The lowest BCUT2D eigenvalue weighted by molar-refractivity contribution is 0.0742. The largest absolute Gasteiger partial charge is 0.490 e. The van der Waals surface area contributed by atoms with Crippen LogP contribution in [0.15, 0.2) is 48.5 Å². The first-order chi connectivity index (χ1) is 13.4. The quantitative estimate of drug-likeness (QED) is 0.705. The van der Waals surface area contributed by atoms with Crippen molar-refractivity contribution >= 4 is 0 Å². The smallest absolute Gasteiger partial charge is 0.161 e. The highest BCUT2D eigenvalue weighted by atomic mass is 16.6. The van der Waals surface area contributed by atoms with E-state index < -0.39 is 0 Å². The van der Waals surface area contributed by atoms with E-state index in [4.69, 9.17) is 28.4 Å². The highest BCUT2D eigenvalue weighted by Gasteiger charge is 2.06. The molecule has 6 nitrogen and oxygen atoms in total. The number of fused-ring (bicyclic) bond motifs is 2. The molecule has 0 radical (unpaired) electrons. The van der Waals surface area contributed by atoms with Gasteiger partial charge in [0.15, 0.2) is 23.0 Å². The van der Waals surface area contributed by atoms with Gasteiger partial charge in [0, 0.05) is 13.0 Å². The Balaban J connectivity index is 1.54. The van der Waals surface area contributed by atoms with Crippen molar-refractivity contribution < 1.29 is 28.4 Å². The lowest BCUT2D eigenvalue weighted by Gasteiger charge is -2.13. The van der Waals surface area contributed by atoms with Gasteiger partial charge in [-0.3, -0.25) is 0 Å². The zero-order chi connectivity index (χ0) is 18.6. The van der Waals surface area contributed by atoms with Gasteiger partial charge >= 0.3 is 0 Å². The monoisotopic (exact) mass is 374 g/mol. The van der Waals surface area contributed by atoms with Crippen molar-refractivity contribution in [2.24, 2.45) is 0 Å². The molecule has 146 valence electrons.